The molecule has 9 nitrogen and oxygen atoms in total. The first kappa shape index (κ1) is 47.5. The molecule has 0 radical (unpaired) electrons. The van der Waals surface area contributed by atoms with E-state index < -0.39 is 32.5 Å². The van der Waals surface area contributed by atoms with Crippen LogP contribution in [-0.2, 0) is 32.7 Å². The summed E-state index contributed by atoms with van der Waals surface area (Å²) in [4.78, 5) is 37.3. The van der Waals surface area contributed by atoms with Crippen molar-refractivity contribution in [1.82, 2.24) is 0 Å². The fourth-order valence-electron chi connectivity index (χ4n) is 5.04. The second-order valence-electron chi connectivity index (χ2n) is 14.3. The molecule has 288 valence electrons. The summed E-state index contributed by atoms with van der Waals surface area (Å²) in [5.41, 5.74) is 0. The zero-order chi connectivity index (χ0) is 36.5. The Morgan fingerprint density at radius 3 is 1.57 bits per heavy atom. The Kier molecular flexibility index (Phi) is 31.4. The molecule has 0 spiro atoms. The fourth-order valence-corrected chi connectivity index (χ4v) is 5.77. The molecule has 0 saturated carbocycles. The maximum absolute atomic E-state index is 12.6. The largest absolute Gasteiger partial charge is 0.756 e. The molecule has 0 aromatic carbocycles. The number of rotatable bonds is 35. The number of quaternary nitrogens is 1. The number of allylic oxidation sites excluding steroid dienone is 4. The van der Waals surface area contributed by atoms with Gasteiger partial charge in [-0.3, -0.25) is 14.2 Å². The molecule has 10 heteroatoms. The average molecular weight is 716 g/mol. The van der Waals surface area contributed by atoms with Gasteiger partial charge in [-0.2, -0.15) is 0 Å². The number of esters is 2. The Hall–Kier alpha value is -1.51. The average Bonchev–Trinajstić information content (AvgIpc) is 3.04. The van der Waals surface area contributed by atoms with Gasteiger partial charge in [-0.1, -0.05) is 115 Å². The third kappa shape index (κ3) is 36.1. The second kappa shape index (κ2) is 32.4. The van der Waals surface area contributed by atoms with Crippen molar-refractivity contribution in [2.75, 3.05) is 47.5 Å². The highest BCUT2D eigenvalue weighted by molar-refractivity contribution is 7.45. The van der Waals surface area contributed by atoms with E-state index in [2.05, 4.69) is 38.2 Å². The van der Waals surface area contributed by atoms with Crippen molar-refractivity contribution in [2.24, 2.45) is 0 Å². The molecule has 0 rings (SSSR count). The first-order valence-corrected chi connectivity index (χ1v) is 21.0. The van der Waals surface area contributed by atoms with E-state index in [1.807, 2.05) is 21.1 Å². The van der Waals surface area contributed by atoms with E-state index in [4.69, 9.17) is 18.5 Å². The lowest BCUT2D eigenvalue weighted by molar-refractivity contribution is -0.870. The van der Waals surface area contributed by atoms with Crippen LogP contribution < -0.4 is 4.89 Å². The number of likely N-dealkylation sites (N-methyl/N-ethyl adjacent to an activating group) is 1. The van der Waals surface area contributed by atoms with Crippen LogP contribution in [0.25, 0.3) is 0 Å². The summed E-state index contributed by atoms with van der Waals surface area (Å²) >= 11 is 0. The van der Waals surface area contributed by atoms with Crippen molar-refractivity contribution in [3.63, 3.8) is 0 Å². The third-order valence-electron chi connectivity index (χ3n) is 8.19. The molecular weight excluding hydrogens is 641 g/mol. The van der Waals surface area contributed by atoms with Gasteiger partial charge in [-0.05, 0) is 57.8 Å². The number of phosphoric acid groups is 1. The summed E-state index contributed by atoms with van der Waals surface area (Å²) in [6, 6.07) is 0. The number of carbonyl (C=O) groups is 2. The number of unbranched alkanes of at least 4 members (excludes halogenated alkanes) is 17. The second-order valence-corrected chi connectivity index (χ2v) is 15.7. The van der Waals surface area contributed by atoms with Crippen LogP contribution in [-0.4, -0.2) is 70.0 Å². The molecule has 0 fully saturated rings. The molecule has 0 aliphatic heterocycles. The van der Waals surface area contributed by atoms with Gasteiger partial charge in [0.25, 0.3) is 7.82 Å². The van der Waals surface area contributed by atoms with Crippen molar-refractivity contribution in [3.05, 3.63) is 24.3 Å². The molecule has 49 heavy (non-hydrogen) atoms. The van der Waals surface area contributed by atoms with E-state index in [-0.39, 0.29) is 26.1 Å². The minimum absolute atomic E-state index is 0.0329. The molecule has 0 aromatic rings. The summed E-state index contributed by atoms with van der Waals surface area (Å²) in [7, 11) is 1.15. The Morgan fingerprint density at radius 1 is 0.612 bits per heavy atom. The first-order valence-electron chi connectivity index (χ1n) is 19.5. The van der Waals surface area contributed by atoms with Gasteiger partial charge in [0.2, 0.25) is 0 Å². The van der Waals surface area contributed by atoms with Gasteiger partial charge in [0.15, 0.2) is 6.10 Å². The predicted molar refractivity (Wildman–Crippen MR) is 199 cm³/mol. The van der Waals surface area contributed by atoms with Gasteiger partial charge in [0.1, 0.15) is 19.8 Å². The lowest BCUT2D eigenvalue weighted by Crippen LogP contribution is -2.37. The quantitative estimate of drug-likeness (QED) is 0.0210. The lowest BCUT2D eigenvalue weighted by atomic mass is 10.1. The first-order chi connectivity index (χ1) is 23.5. The normalized spacial score (nSPS) is 14.0. The molecule has 0 aliphatic rings. The molecule has 2 atom stereocenters. The number of phosphoric ester groups is 1. The molecule has 0 N–H and O–H groups in total. The van der Waals surface area contributed by atoms with Crippen molar-refractivity contribution in [3.8, 4) is 0 Å². The molecule has 0 heterocycles. The Bertz CT molecular complexity index is 902. The van der Waals surface area contributed by atoms with Crippen molar-refractivity contribution in [1.29, 1.82) is 0 Å². The highest BCUT2D eigenvalue weighted by Crippen LogP contribution is 2.38. The zero-order valence-electron chi connectivity index (χ0n) is 32.1. The van der Waals surface area contributed by atoms with E-state index in [9.17, 15) is 19.0 Å². The van der Waals surface area contributed by atoms with Crippen LogP contribution in [0.5, 0.6) is 0 Å². The van der Waals surface area contributed by atoms with Crippen LogP contribution in [0.4, 0.5) is 0 Å². The smallest absolute Gasteiger partial charge is 0.306 e. The standard InChI is InChI=1S/C39H74NO8P/c1-6-8-10-12-14-16-18-19-20-22-24-26-28-30-32-39(42)48-37(36-47-49(43,44)46-34-33-40(3,4)5)35-45-38(41)31-29-27-25-23-21-17-15-13-11-9-7-2/h13,15,18-19,37H,6-12,14,16-17,20-36H2,1-5H3/b15-13+,19-18+/t37-/m1/s1. The molecule has 0 aliphatic carbocycles. The highest BCUT2D eigenvalue weighted by atomic mass is 31.2. The summed E-state index contributed by atoms with van der Waals surface area (Å²) in [5, 5.41) is 0. The topological polar surface area (TPSA) is 111 Å². The van der Waals surface area contributed by atoms with E-state index in [1.165, 1.54) is 51.4 Å². The molecule has 0 saturated heterocycles. The van der Waals surface area contributed by atoms with Crippen LogP contribution >= 0.6 is 7.82 Å². The van der Waals surface area contributed by atoms with Crippen molar-refractivity contribution < 1.29 is 42.1 Å². The third-order valence-corrected chi connectivity index (χ3v) is 9.16. The number of carbonyl (C=O) groups excluding carboxylic acids is 2. The van der Waals surface area contributed by atoms with Gasteiger partial charge in [0, 0.05) is 12.8 Å². The van der Waals surface area contributed by atoms with Gasteiger partial charge in [-0.15, -0.1) is 0 Å². The molecule has 0 amide bonds. The van der Waals surface area contributed by atoms with Gasteiger partial charge in [-0.25, -0.2) is 0 Å². The predicted octanol–water partition coefficient (Wildman–Crippen LogP) is 9.77. The van der Waals surface area contributed by atoms with E-state index >= 15 is 0 Å². The van der Waals surface area contributed by atoms with E-state index in [0.29, 0.717) is 17.4 Å². The molecule has 0 bridgehead atoms. The number of hydrogen-bond donors (Lipinski definition) is 0. The number of hydrogen-bond acceptors (Lipinski definition) is 8. The van der Waals surface area contributed by atoms with Gasteiger partial charge in [0.05, 0.1) is 27.7 Å². The Labute approximate surface area is 300 Å². The van der Waals surface area contributed by atoms with E-state index in [0.717, 1.165) is 77.0 Å². The van der Waals surface area contributed by atoms with Crippen molar-refractivity contribution >= 4 is 19.8 Å². The lowest BCUT2D eigenvalue weighted by Gasteiger charge is -2.28. The summed E-state index contributed by atoms with van der Waals surface area (Å²) in [6.45, 7) is 4.14. The summed E-state index contributed by atoms with van der Waals surface area (Å²) < 4.78 is 33.7. The van der Waals surface area contributed by atoms with Gasteiger partial charge >= 0.3 is 11.9 Å². The van der Waals surface area contributed by atoms with Gasteiger partial charge < -0.3 is 27.9 Å². The van der Waals surface area contributed by atoms with Crippen LogP contribution in [0.1, 0.15) is 162 Å². The van der Waals surface area contributed by atoms with Crippen LogP contribution in [0.2, 0.25) is 0 Å². The summed E-state index contributed by atoms with van der Waals surface area (Å²) in [6.07, 6.45) is 32.0. The zero-order valence-corrected chi connectivity index (χ0v) is 33.0. The summed E-state index contributed by atoms with van der Waals surface area (Å²) in [5.74, 6) is -0.857. The minimum atomic E-state index is -4.62. The Balaban J connectivity index is 4.45. The number of nitrogens with zero attached hydrogens (tertiary/aromatic N) is 1. The maximum Gasteiger partial charge on any atom is 0.306 e. The monoisotopic (exact) mass is 716 g/mol. The van der Waals surface area contributed by atoms with Crippen LogP contribution in [0, 0.1) is 0 Å². The molecule has 0 aromatic heterocycles. The fraction of sp³-hybridized carbons (Fsp3) is 0.846. The van der Waals surface area contributed by atoms with Crippen molar-refractivity contribution in [2.45, 2.75) is 168 Å². The van der Waals surface area contributed by atoms with Crippen LogP contribution in [0.3, 0.4) is 0 Å². The SMILES string of the molecule is CCCC/C=C/CCCCCCCC(=O)OC[C@H](COP(=O)([O-])OCC[N+](C)(C)C)OC(=O)CCCCCCC/C=C/CCCCCCC. The minimum Gasteiger partial charge on any atom is -0.756 e. The Morgan fingerprint density at radius 2 is 1.06 bits per heavy atom. The maximum atomic E-state index is 12.6. The molecule has 1 unspecified atom stereocenters. The van der Waals surface area contributed by atoms with E-state index in [1.54, 1.807) is 0 Å². The molecular formula is C39H74NO8P. The number of ether oxygens (including phenoxy) is 2. The van der Waals surface area contributed by atoms with Crippen LogP contribution in [0.15, 0.2) is 24.3 Å². The highest BCUT2D eigenvalue weighted by Gasteiger charge is 2.21.